The maximum absolute atomic E-state index is 13.7. The number of hydrogen-bond donors (Lipinski definition) is 2. The molecule has 1 aliphatic carbocycles. The van der Waals surface area contributed by atoms with Crippen molar-refractivity contribution in [3.8, 4) is 0 Å². The summed E-state index contributed by atoms with van der Waals surface area (Å²) in [5, 5.41) is 18.9. The fraction of sp³-hybridized carbons (Fsp3) is 0.667. The van der Waals surface area contributed by atoms with Gasteiger partial charge in [0.1, 0.15) is 5.69 Å². The Morgan fingerprint density at radius 1 is 0.941 bits per heavy atom. The molecule has 3 heterocycles. The number of rotatable bonds is 6. The summed E-state index contributed by atoms with van der Waals surface area (Å²) in [5.74, 6) is -2.12. The highest BCUT2D eigenvalue weighted by Crippen LogP contribution is 2.44. The maximum atomic E-state index is 13.7. The van der Waals surface area contributed by atoms with Crippen molar-refractivity contribution in [2.45, 2.75) is 101 Å². The van der Waals surface area contributed by atoms with Crippen molar-refractivity contribution in [2.75, 3.05) is 6.61 Å². The lowest BCUT2D eigenvalue weighted by atomic mass is 9.89. The lowest BCUT2D eigenvalue weighted by Gasteiger charge is -2.45. The molecule has 34 heavy (non-hydrogen) atoms. The number of carboxylic acids is 1. The molecule has 2 bridgehead atoms. The van der Waals surface area contributed by atoms with Crippen molar-refractivity contribution in [3.63, 3.8) is 0 Å². The molecule has 7 heteroatoms. The summed E-state index contributed by atoms with van der Waals surface area (Å²) in [4.78, 5) is 32.6. The van der Waals surface area contributed by atoms with Gasteiger partial charge in [0.25, 0.3) is 5.56 Å². The minimum atomic E-state index is -1.10. The minimum Gasteiger partial charge on any atom is -0.481 e. The Morgan fingerprint density at radius 2 is 1.59 bits per heavy atom. The summed E-state index contributed by atoms with van der Waals surface area (Å²) in [6, 6.07) is 9.49. The molecule has 1 saturated carbocycles. The molecular weight excluding hydrogens is 430 g/mol. The third kappa shape index (κ3) is 4.52. The molecule has 0 radical (unpaired) electrons. The van der Waals surface area contributed by atoms with E-state index >= 15 is 0 Å². The first kappa shape index (κ1) is 23.5. The van der Waals surface area contributed by atoms with Crippen molar-refractivity contribution in [1.29, 1.82) is 0 Å². The van der Waals surface area contributed by atoms with Crippen LogP contribution in [0.4, 0.5) is 0 Å². The van der Waals surface area contributed by atoms with E-state index in [9.17, 15) is 19.8 Å². The Labute approximate surface area is 200 Å². The standard InChI is InChI=1S/C27H37N3O4/c31-17-18(27(33)34)14-24-26(32)30(25-11-7-6-10-23(25)28-24)22-15-20-12-13-21(16-22)29(20)19-8-4-2-1-3-5-9-19/h6-7,10-11,18-22,31H,1-5,8-9,12-17H2,(H,33,34)/t18-,20-,21+,22?/m0/s1. The molecule has 2 N–H and O–H groups in total. The second-order valence-electron chi connectivity index (χ2n) is 10.6. The lowest BCUT2D eigenvalue weighted by Crippen LogP contribution is -2.50. The molecule has 184 valence electrons. The second-order valence-corrected chi connectivity index (χ2v) is 10.6. The smallest absolute Gasteiger partial charge is 0.309 e. The Bertz CT molecular complexity index is 1060. The monoisotopic (exact) mass is 467 g/mol. The summed E-state index contributed by atoms with van der Waals surface area (Å²) in [6.45, 7) is -0.507. The summed E-state index contributed by atoms with van der Waals surface area (Å²) in [5.41, 5.74) is 1.60. The molecular formula is C27H37N3O4. The van der Waals surface area contributed by atoms with Crippen LogP contribution in [0.3, 0.4) is 0 Å². The average Bonchev–Trinajstić information content (AvgIpc) is 3.06. The van der Waals surface area contributed by atoms with Gasteiger partial charge in [-0.05, 0) is 50.7 Å². The van der Waals surface area contributed by atoms with E-state index < -0.39 is 18.5 Å². The van der Waals surface area contributed by atoms with Gasteiger partial charge in [-0.2, -0.15) is 0 Å². The van der Waals surface area contributed by atoms with Crippen LogP contribution in [0.15, 0.2) is 29.1 Å². The van der Waals surface area contributed by atoms with Gasteiger partial charge < -0.3 is 14.8 Å². The molecule has 2 aliphatic heterocycles. The van der Waals surface area contributed by atoms with Crippen molar-refractivity contribution >= 4 is 17.0 Å². The number of carbonyl (C=O) groups is 1. The predicted molar refractivity (Wildman–Crippen MR) is 131 cm³/mol. The molecule has 2 aromatic rings. The Hall–Kier alpha value is -2.25. The fourth-order valence-corrected chi connectivity index (χ4v) is 6.89. The van der Waals surface area contributed by atoms with Crippen LogP contribution in [-0.4, -0.2) is 55.4 Å². The molecule has 7 nitrogen and oxygen atoms in total. The van der Waals surface area contributed by atoms with Crippen molar-refractivity contribution in [2.24, 2.45) is 5.92 Å². The highest BCUT2D eigenvalue weighted by molar-refractivity contribution is 5.75. The highest BCUT2D eigenvalue weighted by atomic mass is 16.4. The third-order valence-corrected chi connectivity index (χ3v) is 8.50. The van der Waals surface area contributed by atoms with E-state index in [0.717, 1.165) is 18.4 Å². The first-order valence-electron chi connectivity index (χ1n) is 13.2. The van der Waals surface area contributed by atoms with Crippen LogP contribution in [0.5, 0.6) is 0 Å². The summed E-state index contributed by atoms with van der Waals surface area (Å²) in [6.07, 6.45) is 13.6. The van der Waals surface area contributed by atoms with Gasteiger partial charge in [0.2, 0.25) is 0 Å². The molecule has 0 spiro atoms. The topological polar surface area (TPSA) is 95.7 Å². The van der Waals surface area contributed by atoms with Gasteiger partial charge in [-0.25, -0.2) is 4.98 Å². The molecule has 1 aromatic heterocycles. The lowest BCUT2D eigenvalue weighted by molar-refractivity contribution is -0.143. The first-order chi connectivity index (χ1) is 16.6. The molecule has 4 atom stereocenters. The number of fused-ring (bicyclic) bond motifs is 3. The van der Waals surface area contributed by atoms with Crippen molar-refractivity contribution in [1.82, 2.24) is 14.5 Å². The number of nitrogens with zero attached hydrogens (tertiary/aromatic N) is 3. The zero-order valence-corrected chi connectivity index (χ0v) is 19.9. The van der Waals surface area contributed by atoms with Crippen LogP contribution in [0, 0.1) is 5.92 Å². The number of aromatic nitrogens is 2. The summed E-state index contributed by atoms with van der Waals surface area (Å²) < 4.78 is 1.91. The average molecular weight is 468 g/mol. The molecule has 1 aromatic carbocycles. The molecule has 0 amide bonds. The molecule has 3 fully saturated rings. The highest BCUT2D eigenvalue weighted by Gasteiger charge is 2.44. The van der Waals surface area contributed by atoms with Crippen LogP contribution in [0.25, 0.3) is 11.0 Å². The number of aliphatic hydroxyl groups excluding tert-OH is 1. The van der Waals surface area contributed by atoms with Crippen LogP contribution in [-0.2, 0) is 11.2 Å². The predicted octanol–water partition coefficient (Wildman–Crippen LogP) is 3.91. The number of aliphatic hydroxyl groups is 1. The normalized spacial score (nSPS) is 27.4. The first-order valence-corrected chi connectivity index (χ1v) is 13.2. The molecule has 2 saturated heterocycles. The van der Waals surface area contributed by atoms with Gasteiger partial charge in [-0.3, -0.25) is 14.5 Å². The number of aliphatic carboxylic acids is 1. The Morgan fingerprint density at radius 3 is 2.24 bits per heavy atom. The fourth-order valence-electron chi connectivity index (χ4n) is 6.89. The maximum Gasteiger partial charge on any atom is 0.309 e. The van der Waals surface area contributed by atoms with E-state index in [1.54, 1.807) is 0 Å². The van der Waals surface area contributed by atoms with Crippen LogP contribution in [0.2, 0.25) is 0 Å². The third-order valence-electron chi connectivity index (χ3n) is 8.50. The summed E-state index contributed by atoms with van der Waals surface area (Å²) >= 11 is 0. The SMILES string of the molecule is O=C(O)[C@H](CO)Cc1nc2ccccc2n(C2C[C@H]3CC[C@@H](C2)N3C2CCCCCCC2)c1=O. The van der Waals surface area contributed by atoms with E-state index in [1.165, 1.54) is 57.8 Å². The number of carboxylic acid groups (broad SMARTS) is 1. The largest absolute Gasteiger partial charge is 0.481 e. The van der Waals surface area contributed by atoms with Crippen molar-refractivity contribution < 1.29 is 15.0 Å². The van der Waals surface area contributed by atoms with E-state index in [4.69, 9.17) is 0 Å². The van der Waals surface area contributed by atoms with Crippen molar-refractivity contribution in [3.05, 3.63) is 40.3 Å². The second kappa shape index (κ2) is 10.2. The molecule has 5 rings (SSSR count). The number of piperidine rings is 1. The number of para-hydroxylation sites is 2. The van der Waals surface area contributed by atoms with Gasteiger partial charge in [0, 0.05) is 30.6 Å². The van der Waals surface area contributed by atoms with Gasteiger partial charge in [-0.15, -0.1) is 0 Å². The van der Waals surface area contributed by atoms with E-state index in [0.29, 0.717) is 23.6 Å². The molecule has 3 aliphatic rings. The van der Waals surface area contributed by atoms with Crippen LogP contribution < -0.4 is 5.56 Å². The van der Waals surface area contributed by atoms with Gasteiger partial charge in [0.15, 0.2) is 0 Å². The van der Waals surface area contributed by atoms with E-state index in [-0.39, 0.29) is 23.7 Å². The van der Waals surface area contributed by atoms with E-state index in [2.05, 4.69) is 9.88 Å². The van der Waals surface area contributed by atoms with Gasteiger partial charge in [0.05, 0.1) is 23.6 Å². The van der Waals surface area contributed by atoms with Gasteiger partial charge in [-0.1, -0.05) is 44.2 Å². The Kier molecular flexibility index (Phi) is 7.02. The molecule has 1 unspecified atom stereocenters. The zero-order chi connectivity index (χ0) is 23.7. The van der Waals surface area contributed by atoms with Gasteiger partial charge >= 0.3 is 5.97 Å². The summed E-state index contributed by atoms with van der Waals surface area (Å²) in [7, 11) is 0. The zero-order valence-electron chi connectivity index (χ0n) is 19.9. The Balaban J connectivity index is 1.46. The minimum absolute atomic E-state index is 0.0523. The van der Waals surface area contributed by atoms with Crippen LogP contribution >= 0.6 is 0 Å². The number of hydrogen-bond acceptors (Lipinski definition) is 5. The van der Waals surface area contributed by atoms with Crippen LogP contribution in [0.1, 0.15) is 82.4 Å². The number of benzene rings is 1. The quantitative estimate of drug-likeness (QED) is 0.669. The van der Waals surface area contributed by atoms with E-state index in [1.807, 2.05) is 28.8 Å².